The van der Waals surface area contributed by atoms with Gasteiger partial charge in [0.1, 0.15) is 5.82 Å². The van der Waals surface area contributed by atoms with E-state index in [2.05, 4.69) is 20.5 Å². The maximum atomic E-state index is 13.1. The van der Waals surface area contributed by atoms with Crippen molar-refractivity contribution in [1.29, 1.82) is 0 Å². The summed E-state index contributed by atoms with van der Waals surface area (Å²) in [6.45, 7) is 1.84. The summed E-state index contributed by atoms with van der Waals surface area (Å²) in [5.41, 5.74) is 2.76. The minimum Gasteiger partial charge on any atom is -0.414 e. The molecule has 2 heterocycles. The Morgan fingerprint density at radius 1 is 0.875 bits per heavy atom. The van der Waals surface area contributed by atoms with Gasteiger partial charge >= 0.3 is 0 Å². The molecule has 4 aromatic rings. The molecular formula is C17H12FN5O. The number of aromatic nitrogens is 5. The van der Waals surface area contributed by atoms with Crippen LogP contribution in [0.1, 0.15) is 5.69 Å². The smallest absolute Gasteiger partial charge is 0.270 e. The van der Waals surface area contributed by atoms with Gasteiger partial charge in [0.2, 0.25) is 5.89 Å². The van der Waals surface area contributed by atoms with Crippen LogP contribution in [0, 0.1) is 12.7 Å². The van der Waals surface area contributed by atoms with E-state index in [1.54, 1.807) is 16.8 Å². The van der Waals surface area contributed by atoms with Crippen molar-refractivity contribution in [3.63, 3.8) is 0 Å². The summed E-state index contributed by atoms with van der Waals surface area (Å²) >= 11 is 0. The normalized spacial score (nSPS) is 10.9. The summed E-state index contributed by atoms with van der Waals surface area (Å²) in [5.74, 6) is 0.405. The SMILES string of the molecule is Cc1c(-c2nnc(-c3ccccc3)o2)nnn1-c1ccc(F)cc1. The first-order valence-electron chi connectivity index (χ1n) is 7.30. The number of rotatable bonds is 3. The monoisotopic (exact) mass is 321 g/mol. The molecule has 0 radical (unpaired) electrons. The Hall–Kier alpha value is -3.35. The highest BCUT2D eigenvalue weighted by Gasteiger charge is 2.18. The zero-order chi connectivity index (χ0) is 16.5. The lowest BCUT2D eigenvalue weighted by Crippen LogP contribution is -1.99. The number of benzene rings is 2. The van der Waals surface area contributed by atoms with Crippen LogP contribution >= 0.6 is 0 Å². The van der Waals surface area contributed by atoms with Crippen LogP contribution in [0.5, 0.6) is 0 Å². The highest BCUT2D eigenvalue weighted by molar-refractivity contribution is 5.57. The number of hydrogen-bond donors (Lipinski definition) is 0. The minimum absolute atomic E-state index is 0.291. The first-order valence-corrected chi connectivity index (χ1v) is 7.30. The Morgan fingerprint density at radius 2 is 1.58 bits per heavy atom. The molecule has 0 aliphatic rings. The maximum absolute atomic E-state index is 13.1. The van der Waals surface area contributed by atoms with Gasteiger partial charge in [0.15, 0.2) is 5.69 Å². The lowest BCUT2D eigenvalue weighted by Gasteiger charge is -2.02. The van der Waals surface area contributed by atoms with E-state index >= 15 is 0 Å². The van der Waals surface area contributed by atoms with E-state index in [-0.39, 0.29) is 5.82 Å². The Balaban J connectivity index is 1.71. The third kappa shape index (κ3) is 2.45. The van der Waals surface area contributed by atoms with Gasteiger partial charge < -0.3 is 4.42 Å². The zero-order valence-corrected chi connectivity index (χ0v) is 12.7. The van der Waals surface area contributed by atoms with Crippen molar-refractivity contribution in [3.05, 3.63) is 66.1 Å². The summed E-state index contributed by atoms with van der Waals surface area (Å²) in [4.78, 5) is 0. The molecule has 0 spiro atoms. The molecule has 4 rings (SSSR count). The molecule has 0 aliphatic heterocycles. The van der Waals surface area contributed by atoms with E-state index in [1.165, 1.54) is 12.1 Å². The van der Waals surface area contributed by atoms with Gasteiger partial charge in [-0.05, 0) is 43.3 Å². The van der Waals surface area contributed by atoms with Crippen LogP contribution in [0.15, 0.2) is 59.0 Å². The van der Waals surface area contributed by atoms with Crippen LogP contribution < -0.4 is 0 Å². The van der Waals surface area contributed by atoms with Crippen molar-refractivity contribution in [2.75, 3.05) is 0 Å². The first-order chi connectivity index (χ1) is 11.7. The van der Waals surface area contributed by atoms with Crippen LogP contribution in [-0.4, -0.2) is 25.2 Å². The van der Waals surface area contributed by atoms with Gasteiger partial charge in [-0.1, -0.05) is 23.4 Å². The second-order valence-corrected chi connectivity index (χ2v) is 5.19. The topological polar surface area (TPSA) is 69.6 Å². The van der Waals surface area contributed by atoms with E-state index in [9.17, 15) is 4.39 Å². The Labute approximate surface area is 136 Å². The molecule has 0 aliphatic carbocycles. The van der Waals surface area contributed by atoms with Gasteiger partial charge in [0.05, 0.1) is 11.4 Å². The van der Waals surface area contributed by atoms with E-state index in [1.807, 2.05) is 37.3 Å². The van der Waals surface area contributed by atoms with Crippen molar-refractivity contribution < 1.29 is 8.81 Å². The van der Waals surface area contributed by atoms with E-state index in [0.29, 0.717) is 23.2 Å². The molecule has 2 aromatic heterocycles. The van der Waals surface area contributed by atoms with Crippen LogP contribution in [0.4, 0.5) is 4.39 Å². The second-order valence-electron chi connectivity index (χ2n) is 5.19. The second kappa shape index (κ2) is 5.69. The lowest BCUT2D eigenvalue weighted by molar-refractivity contribution is 0.581. The molecule has 24 heavy (non-hydrogen) atoms. The van der Waals surface area contributed by atoms with Gasteiger partial charge in [-0.15, -0.1) is 15.3 Å². The molecule has 0 N–H and O–H groups in total. The molecule has 0 unspecified atom stereocenters. The molecular weight excluding hydrogens is 309 g/mol. The van der Waals surface area contributed by atoms with Crippen molar-refractivity contribution in [3.8, 4) is 28.7 Å². The molecule has 0 fully saturated rings. The van der Waals surface area contributed by atoms with E-state index < -0.39 is 0 Å². The fraction of sp³-hybridized carbons (Fsp3) is 0.0588. The highest BCUT2D eigenvalue weighted by Crippen LogP contribution is 2.25. The van der Waals surface area contributed by atoms with Gasteiger partial charge in [0, 0.05) is 5.56 Å². The van der Waals surface area contributed by atoms with Crippen LogP contribution in [0.2, 0.25) is 0 Å². The van der Waals surface area contributed by atoms with Gasteiger partial charge in [-0.2, -0.15) is 0 Å². The summed E-state index contributed by atoms with van der Waals surface area (Å²) in [7, 11) is 0. The molecule has 6 nitrogen and oxygen atoms in total. The van der Waals surface area contributed by atoms with Gasteiger partial charge in [-0.25, -0.2) is 9.07 Å². The van der Waals surface area contributed by atoms with Crippen molar-refractivity contribution >= 4 is 0 Å². The molecule has 0 bridgehead atoms. The van der Waals surface area contributed by atoms with Crippen LogP contribution in [0.25, 0.3) is 28.7 Å². The number of nitrogens with zero attached hydrogens (tertiary/aromatic N) is 5. The largest absolute Gasteiger partial charge is 0.414 e. The number of halogens is 1. The average Bonchev–Trinajstić information content (AvgIpc) is 3.23. The summed E-state index contributed by atoms with van der Waals surface area (Å²) in [6, 6.07) is 15.5. The van der Waals surface area contributed by atoms with Crippen molar-refractivity contribution in [2.24, 2.45) is 0 Å². The summed E-state index contributed by atoms with van der Waals surface area (Å²) in [6.07, 6.45) is 0. The average molecular weight is 321 g/mol. The third-order valence-corrected chi connectivity index (χ3v) is 3.61. The fourth-order valence-corrected chi connectivity index (χ4v) is 2.37. The number of hydrogen-bond acceptors (Lipinski definition) is 5. The molecule has 2 aromatic carbocycles. The van der Waals surface area contributed by atoms with Crippen molar-refractivity contribution in [2.45, 2.75) is 6.92 Å². The minimum atomic E-state index is -0.304. The molecule has 0 amide bonds. The highest BCUT2D eigenvalue weighted by atomic mass is 19.1. The predicted molar refractivity (Wildman–Crippen MR) is 84.8 cm³/mol. The van der Waals surface area contributed by atoms with Crippen LogP contribution in [0.3, 0.4) is 0 Å². The van der Waals surface area contributed by atoms with Crippen molar-refractivity contribution in [1.82, 2.24) is 25.2 Å². The van der Waals surface area contributed by atoms with Crippen LogP contribution in [-0.2, 0) is 0 Å². The molecule has 0 saturated heterocycles. The summed E-state index contributed by atoms with van der Waals surface area (Å²) < 4.78 is 20.4. The molecule has 0 atom stereocenters. The van der Waals surface area contributed by atoms with Gasteiger partial charge in [0.25, 0.3) is 5.89 Å². The lowest BCUT2D eigenvalue weighted by atomic mass is 10.2. The fourth-order valence-electron chi connectivity index (χ4n) is 2.37. The Bertz CT molecular complexity index is 976. The van der Waals surface area contributed by atoms with E-state index in [0.717, 1.165) is 11.3 Å². The standard InChI is InChI=1S/C17H12FN5O/c1-11-15(19-22-23(11)14-9-7-13(18)8-10-14)17-21-20-16(24-17)12-5-3-2-4-6-12/h2-10H,1H3. The predicted octanol–water partition coefficient (Wildman–Crippen LogP) is 3.43. The first kappa shape index (κ1) is 14.3. The Morgan fingerprint density at radius 3 is 2.33 bits per heavy atom. The Kier molecular flexibility index (Phi) is 3.38. The van der Waals surface area contributed by atoms with Gasteiger partial charge in [-0.3, -0.25) is 0 Å². The maximum Gasteiger partial charge on any atom is 0.270 e. The summed E-state index contributed by atoms with van der Waals surface area (Å²) in [5, 5.41) is 16.3. The zero-order valence-electron chi connectivity index (χ0n) is 12.7. The molecule has 118 valence electrons. The van der Waals surface area contributed by atoms with E-state index in [4.69, 9.17) is 4.42 Å². The third-order valence-electron chi connectivity index (χ3n) is 3.61. The quantitative estimate of drug-likeness (QED) is 0.578. The molecule has 7 heteroatoms. The molecule has 0 saturated carbocycles.